The molecule has 0 aliphatic heterocycles. The van der Waals surface area contributed by atoms with Crippen molar-refractivity contribution in [1.82, 2.24) is 10.3 Å². The quantitative estimate of drug-likeness (QED) is 0.820. The predicted molar refractivity (Wildman–Crippen MR) is 67.6 cm³/mol. The normalized spacial score (nSPS) is 27.8. The van der Waals surface area contributed by atoms with Crippen LogP contribution in [-0.4, -0.2) is 16.9 Å². The van der Waals surface area contributed by atoms with Crippen LogP contribution in [0.15, 0.2) is 18.3 Å². The summed E-state index contributed by atoms with van der Waals surface area (Å²) in [5, 5.41) is 2.92. The summed E-state index contributed by atoms with van der Waals surface area (Å²) in [6.45, 7) is 4.39. The number of carbonyl (C=O) groups excluding carboxylic acids is 1. The van der Waals surface area contributed by atoms with Crippen molar-refractivity contribution in [1.29, 1.82) is 0 Å². The molecule has 0 saturated heterocycles. The van der Waals surface area contributed by atoms with Crippen LogP contribution >= 0.6 is 0 Å². The van der Waals surface area contributed by atoms with Crippen LogP contribution in [0.1, 0.15) is 43.5 Å². The summed E-state index contributed by atoms with van der Waals surface area (Å²) in [5.74, 6) is 0.161. The molecule has 4 heteroatoms. The van der Waals surface area contributed by atoms with E-state index in [2.05, 4.69) is 24.1 Å². The molecule has 0 radical (unpaired) electrons. The number of rotatable bonds is 2. The second kappa shape index (κ2) is 5.46. The number of hydrogen-bond acceptors (Lipinski definition) is 2. The lowest BCUT2D eigenvalue weighted by atomic mass is 9.80. The highest BCUT2D eigenvalue weighted by atomic mass is 19.1. The SMILES string of the molecule is CC1CC(C)CC(NC(=O)c2cccnc2F)C1. The van der Waals surface area contributed by atoms with E-state index in [1.807, 2.05) is 0 Å². The first-order valence-corrected chi connectivity index (χ1v) is 6.47. The van der Waals surface area contributed by atoms with Crippen molar-refractivity contribution in [3.8, 4) is 0 Å². The van der Waals surface area contributed by atoms with Gasteiger partial charge in [-0.05, 0) is 43.2 Å². The van der Waals surface area contributed by atoms with Gasteiger partial charge in [-0.3, -0.25) is 4.79 Å². The Hall–Kier alpha value is -1.45. The monoisotopic (exact) mass is 250 g/mol. The minimum absolute atomic E-state index is 0.0309. The molecular formula is C14H19FN2O. The zero-order valence-corrected chi connectivity index (χ0v) is 10.8. The van der Waals surface area contributed by atoms with Crippen molar-refractivity contribution in [2.24, 2.45) is 11.8 Å². The largest absolute Gasteiger partial charge is 0.349 e. The van der Waals surface area contributed by atoms with Crippen molar-refractivity contribution in [2.45, 2.75) is 39.2 Å². The zero-order valence-electron chi connectivity index (χ0n) is 10.8. The van der Waals surface area contributed by atoms with Gasteiger partial charge in [-0.25, -0.2) is 4.98 Å². The Bertz CT molecular complexity index is 426. The highest BCUT2D eigenvalue weighted by Gasteiger charge is 2.26. The van der Waals surface area contributed by atoms with E-state index in [0.717, 1.165) is 12.8 Å². The van der Waals surface area contributed by atoms with Crippen LogP contribution in [0.2, 0.25) is 0 Å². The van der Waals surface area contributed by atoms with E-state index in [0.29, 0.717) is 11.8 Å². The molecule has 0 spiro atoms. The first kappa shape index (κ1) is 13.0. The van der Waals surface area contributed by atoms with Gasteiger partial charge in [-0.2, -0.15) is 4.39 Å². The van der Waals surface area contributed by atoms with Gasteiger partial charge >= 0.3 is 0 Å². The Morgan fingerprint density at radius 1 is 1.33 bits per heavy atom. The first-order chi connectivity index (χ1) is 8.56. The molecule has 1 aliphatic carbocycles. The molecule has 1 aromatic rings. The van der Waals surface area contributed by atoms with Gasteiger partial charge in [0.05, 0.1) is 5.56 Å². The summed E-state index contributed by atoms with van der Waals surface area (Å²) in [6.07, 6.45) is 4.49. The third-order valence-corrected chi connectivity index (χ3v) is 3.52. The number of amides is 1. The summed E-state index contributed by atoms with van der Waals surface area (Å²) in [7, 11) is 0. The number of nitrogens with one attached hydrogen (secondary N) is 1. The average Bonchev–Trinajstić information content (AvgIpc) is 2.27. The van der Waals surface area contributed by atoms with Gasteiger partial charge < -0.3 is 5.32 Å². The molecule has 1 aliphatic rings. The van der Waals surface area contributed by atoms with E-state index in [4.69, 9.17) is 0 Å². The fraction of sp³-hybridized carbons (Fsp3) is 0.571. The van der Waals surface area contributed by atoms with Crippen LogP contribution in [0.5, 0.6) is 0 Å². The first-order valence-electron chi connectivity index (χ1n) is 6.47. The molecule has 2 rings (SSSR count). The standard InChI is InChI=1S/C14H19FN2O/c1-9-6-10(2)8-11(7-9)17-14(18)12-4-3-5-16-13(12)15/h3-5,9-11H,6-8H2,1-2H3,(H,17,18). The molecule has 2 atom stereocenters. The lowest BCUT2D eigenvalue weighted by Crippen LogP contribution is -2.40. The topological polar surface area (TPSA) is 42.0 Å². The molecule has 0 bridgehead atoms. The van der Waals surface area contributed by atoms with Gasteiger partial charge in [-0.15, -0.1) is 0 Å². The smallest absolute Gasteiger partial charge is 0.256 e. The lowest BCUT2D eigenvalue weighted by molar-refractivity contribution is 0.0906. The van der Waals surface area contributed by atoms with Gasteiger partial charge in [0.1, 0.15) is 0 Å². The van der Waals surface area contributed by atoms with Gasteiger partial charge in [-0.1, -0.05) is 13.8 Å². The number of nitrogens with zero attached hydrogens (tertiary/aromatic N) is 1. The third-order valence-electron chi connectivity index (χ3n) is 3.52. The second-order valence-electron chi connectivity index (χ2n) is 5.43. The van der Waals surface area contributed by atoms with Crippen molar-refractivity contribution >= 4 is 5.91 Å². The van der Waals surface area contributed by atoms with Crippen LogP contribution in [0, 0.1) is 17.8 Å². The summed E-state index contributed by atoms with van der Waals surface area (Å²) in [6, 6.07) is 3.19. The van der Waals surface area contributed by atoms with E-state index >= 15 is 0 Å². The summed E-state index contributed by atoms with van der Waals surface area (Å²) in [4.78, 5) is 15.5. The van der Waals surface area contributed by atoms with Crippen molar-refractivity contribution < 1.29 is 9.18 Å². The molecule has 1 amide bonds. The molecule has 0 aromatic carbocycles. The highest BCUT2D eigenvalue weighted by Crippen LogP contribution is 2.28. The van der Waals surface area contributed by atoms with Crippen LogP contribution < -0.4 is 5.32 Å². The third kappa shape index (κ3) is 3.06. The second-order valence-corrected chi connectivity index (χ2v) is 5.43. The Morgan fingerprint density at radius 3 is 2.61 bits per heavy atom. The zero-order chi connectivity index (χ0) is 13.1. The van der Waals surface area contributed by atoms with Crippen LogP contribution in [0.25, 0.3) is 0 Å². The maximum atomic E-state index is 13.4. The molecule has 18 heavy (non-hydrogen) atoms. The molecule has 3 nitrogen and oxygen atoms in total. The molecule has 98 valence electrons. The van der Waals surface area contributed by atoms with E-state index < -0.39 is 5.95 Å². The van der Waals surface area contributed by atoms with Gasteiger partial charge in [0, 0.05) is 12.2 Å². The Kier molecular flexibility index (Phi) is 3.94. The summed E-state index contributed by atoms with van der Waals surface area (Å²) >= 11 is 0. The molecular weight excluding hydrogens is 231 g/mol. The molecule has 1 N–H and O–H groups in total. The molecule has 1 saturated carbocycles. The van der Waals surface area contributed by atoms with Crippen molar-refractivity contribution in [3.05, 3.63) is 29.8 Å². The predicted octanol–water partition coefficient (Wildman–Crippen LogP) is 2.78. The molecule has 2 unspecified atom stereocenters. The van der Waals surface area contributed by atoms with Gasteiger partial charge in [0.15, 0.2) is 0 Å². The Morgan fingerprint density at radius 2 is 2.00 bits per heavy atom. The molecule has 1 fully saturated rings. The molecule has 1 heterocycles. The van der Waals surface area contributed by atoms with Gasteiger partial charge in [0.25, 0.3) is 5.91 Å². The number of carbonyl (C=O) groups is 1. The average molecular weight is 250 g/mol. The molecule has 1 aromatic heterocycles. The maximum absolute atomic E-state index is 13.4. The number of pyridine rings is 1. The van der Waals surface area contributed by atoms with Crippen molar-refractivity contribution in [2.75, 3.05) is 0 Å². The lowest BCUT2D eigenvalue weighted by Gasteiger charge is -2.31. The van der Waals surface area contributed by atoms with E-state index in [9.17, 15) is 9.18 Å². The van der Waals surface area contributed by atoms with Crippen LogP contribution in [0.3, 0.4) is 0 Å². The minimum atomic E-state index is -0.702. The van der Waals surface area contributed by atoms with Crippen LogP contribution in [-0.2, 0) is 0 Å². The fourth-order valence-electron chi connectivity index (χ4n) is 2.88. The van der Waals surface area contributed by atoms with Crippen LogP contribution in [0.4, 0.5) is 4.39 Å². The number of halogens is 1. The number of hydrogen-bond donors (Lipinski definition) is 1. The Balaban J connectivity index is 2.01. The van der Waals surface area contributed by atoms with Gasteiger partial charge in [0.2, 0.25) is 5.95 Å². The number of aromatic nitrogens is 1. The maximum Gasteiger partial charge on any atom is 0.256 e. The highest BCUT2D eigenvalue weighted by molar-refractivity contribution is 5.94. The Labute approximate surface area is 107 Å². The fourth-order valence-corrected chi connectivity index (χ4v) is 2.88. The minimum Gasteiger partial charge on any atom is -0.349 e. The van der Waals surface area contributed by atoms with E-state index in [1.54, 1.807) is 6.07 Å². The van der Waals surface area contributed by atoms with Crippen molar-refractivity contribution in [3.63, 3.8) is 0 Å². The van der Waals surface area contributed by atoms with E-state index in [-0.39, 0.29) is 17.5 Å². The summed E-state index contributed by atoms with van der Waals surface area (Å²) < 4.78 is 13.4. The van der Waals surface area contributed by atoms with E-state index in [1.165, 1.54) is 18.7 Å². The summed E-state index contributed by atoms with van der Waals surface area (Å²) in [5.41, 5.74) is 0.0309.